The number of oxazole rings is 1. The van der Waals surface area contributed by atoms with Crippen molar-refractivity contribution in [3.63, 3.8) is 0 Å². The Morgan fingerprint density at radius 3 is 3.00 bits per heavy atom. The summed E-state index contributed by atoms with van der Waals surface area (Å²) in [6.07, 6.45) is 6.83. The summed E-state index contributed by atoms with van der Waals surface area (Å²) in [7, 11) is 0. The molecular formula is C20H17N5O2. The monoisotopic (exact) mass is 359 g/mol. The lowest BCUT2D eigenvalue weighted by molar-refractivity contribution is 0.178. The van der Waals surface area contributed by atoms with Crippen LogP contribution in [0.25, 0.3) is 0 Å². The van der Waals surface area contributed by atoms with Crippen LogP contribution >= 0.6 is 0 Å². The lowest BCUT2D eigenvalue weighted by Crippen LogP contribution is -2.17. The van der Waals surface area contributed by atoms with Crippen molar-refractivity contribution < 1.29 is 9.15 Å². The quantitative estimate of drug-likeness (QED) is 0.544. The van der Waals surface area contributed by atoms with Crippen molar-refractivity contribution in [3.05, 3.63) is 71.2 Å². The number of nitrogens with one attached hydrogen (secondary N) is 1. The predicted molar refractivity (Wildman–Crippen MR) is 98.5 cm³/mol. The molecule has 134 valence electrons. The van der Waals surface area contributed by atoms with Gasteiger partial charge in [-0.25, -0.2) is 4.98 Å². The van der Waals surface area contributed by atoms with Gasteiger partial charge in [0.25, 0.3) is 0 Å². The van der Waals surface area contributed by atoms with Crippen LogP contribution < -0.4 is 10.5 Å². The van der Waals surface area contributed by atoms with E-state index in [1.807, 2.05) is 6.07 Å². The Balaban J connectivity index is 1.62. The van der Waals surface area contributed by atoms with E-state index in [0.29, 0.717) is 28.3 Å². The van der Waals surface area contributed by atoms with Crippen LogP contribution in [0.3, 0.4) is 0 Å². The van der Waals surface area contributed by atoms with E-state index in [1.54, 1.807) is 24.4 Å². The third-order valence-electron chi connectivity index (χ3n) is 4.60. The van der Waals surface area contributed by atoms with E-state index in [0.717, 1.165) is 30.5 Å². The fourth-order valence-electron chi connectivity index (χ4n) is 3.26. The highest BCUT2D eigenvalue weighted by Gasteiger charge is 2.24. The molecule has 0 saturated heterocycles. The van der Waals surface area contributed by atoms with Gasteiger partial charge in [-0.2, -0.15) is 5.26 Å². The first-order valence-electron chi connectivity index (χ1n) is 8.58. The van der Waals surface area contributed by atoms with Gasteiger partial charge in [-0.1, -0.05) is 0 Å². The first kappa shape index (κ1) is 16.8. The largest absolute Gasteiger partial charge is 0.484 e. The average Bonchev–Trinajstić information content (AvgIpc) is 3.23. The highest BCUT2D eigenvalue weighted by molar-refractivity contribution is 6.12. The molecule has 3 aromatic rings. The smallest absolute Gasteiger partial charge is 0.181 e. The molecule has 1 atom stereocenters. The van der Waals surface area contributed by atoms with Crippen molar-refractivity contribution >= 4 is 11.4 Å². The van der Waals surface area contributed by atoms with E-state index in [-0.39, 0.29) is 11.8 Å². The number of hydrogen-bond acceptors (Lipinski definition) is 7. The van der Waals surface area contributed by atoms with Crippen LogP contribution in [0.4, 0.5) is 5.69 Å². The van der Waals surface area contributed by atoms with Crippen molar-refractivity contribution in [1.29, 1.82) is 10.7 Å². The van der Waals surface area contributed by atoms with Crippen LogP contribution in [0.15, 0.2) is 47.5 Å². The molecule has 4 rings (SSSR count). The Kier molecular flexibility index (Phi) is 4.30. The van der Waals surface area contributed by atoms with E-state index in [4.69, 9.17) is 25.6 Å². The number of fused-ring (bicyclic) bond motifs is 1. The molecule has 0 amide bonds. The third kappa shape index (κ3) is 3.25. The summed E-state index contributed by atoms with van der Waals surface area (Å²) in [6, 6.07) is 9.24. The lowest BCUT2D eigenvalue weighted by atomic mass is 9.92. The predicted octanol–water partition coefficient (Wildman–Crippen LogP) is 3.40. The minimum absolute atomic E-state index is 0.149. The van der Waals surface area contributed by atoms with Crippen LogP contribution in [-0.2, 0) is 6.42 Å². The van der Waals surface area contributed by atoms with Crippen molar-refractivity contribution in [3.8, 4) is 11.8 Å². The molecule has 1 unspecified atom stereocenters. The Morgan fingerprint density at radius 1 is 1.33 bits per heavy atom. The number of aryl methyl sites for hydroxylation is 1. The standard InChI is InChI=1S/C20H17N5O2/c21-8-12-6-13-2-1-3-17(20(13)25-9-12)27-14-4-5-16(22)15(7-14)19(23)18-10-24-11-26-18/h4-7,9-11,17,23H,1-3,22H2. The summed E-state index contributed by atoms with van der Waals surface area (Å²) < 4.78 is 11.4. The zero-order valence-electron chi connectivity index (χ0n) is 14.5. The van der Waals surface area contributed by atoms with Gasteiger partial charge in [0.2, 0.25) is 0 Å². The molecule has 0 spiro atoms. The van der Waals surface area contributed by atoms with E-state index in [9.17, 15) is 0 Å². The number of rotatable bonds is 4. The number of aromatic nitrogens is 2. The Morgan fingerprint density at radius 2 is 2.22 bits per heavy atom. The number of nitrogens with zero attached hydrogens (tertiary/aromatic N) is 3. The van der Waals surface area contributed by atoms with Gasteiger partial charge < -0.3 is 14.9 Å². The molecule has 0 bridgehead atoms. The van der Waals surface area contributed by atoms with E-state index in [1.165, 1.54) is 12.6 Å². The highest BCUT2D eigenvalue weighted by atomic mass is 16.5. The van der Waals surface area contributed by atoms with Crippen LogP contribution in [0.5, 0.6) is 5.75 Å². The molecule has 0 radical (unpaired) electrons. The van der Waals surface area contributed by atoms with Gasteiger partial charge in [-0.15, -0.1) is 0 Å². The zero-order chi connectivity index (χ0) is 18.8. The summed E-state index contributed by atoms with van der Waals surface area (Å²) in [6.45, 7) is 0. The number of ether oxygens (including phenoxy) is 1. The topological polar surface area (TPSA) is 122 Å². The molecular weight excluding hydrogens is 342 g/mol. The van der Waals surface area contributed by atoms with Crippen molar-refractivity contribution in [2.24, 2.45) is 0 Å². The second kappa shape index (κ2) is 6.92. The fourth-order valence-corrected chi connectivity index (χ4v) is 3.26. The second-order valence-corrected chi connectivity index (χ2v) is 6.37. The van der Waals surface area contributed by atoms with Gasteiger partial charge in [-0.05, 0) is 49.1 Å². The molecule has 1 aliphatic rings. The van der Waals surface area contributed by atoms with E-state index >= 15 is 0 Å². The number of nitrogens with two attached hydrogens (primary N) is 1. The van der Waals surface area contributed by atoms with Crippen LogP contribution in [-0.4, -0.2) is 15.7 Å². The van der Waals surface area contributed by atoms with Crippen LogP contribution in [0.1, 0.15) is 47.1 Å². The van der Waals surface area contributed by atoms with Gasteiger partial charge in [-0.3, -0.25) is 10.4 Å². The molecule has 1 aromatic carbocycles. The summed E-state index contributed by atoms with van der Waals surface area (Å²) in [5.41, 5.74) is 9.65. The van der Waals surface area contributed by atoms with E-state index in [2.05, 4.69) is 16.0 Å². The van der Waals surface area contributed by atoms with Crippen LogP contribution in [0, 0.1) is 16.7 Å². The Bertz CT molecular complexity index is 1040. The molecule has 1 aliphatic carbocycles. The first-order chi connectivity index (χ1) is 13.2. The molecule has 0 fully saturated rings. The SMILES string of the molecule is N#Cc1cnc2c(c1)CCCC2Oc1ccc(N)c(C(=N)c2cnco2)c1. The maximum Gasteiger partial charge on any atom is 0.181 e. The Hall–Kier alpha value is -3.66. The maximum atomic E-state index is 9.06. The average molecular weight is 359 g/mol. The molecule has 7 heteroatoms. The Labute approximate surface area is 155 Å². The summed E-state index contributed by atoms with van der Waals surface area (Å²) in [5.74, 6) is 0.944. The lowest BCUT2D eigenvalue weighted by Gasteiger charge is -2.25. The normalized spacial score (nSPS) is 15.6. The highest BCUT2D eigenvalue weighted by Crippen LogP contribution is 2.34. The number of pyridine rings is 1. The summed E-state index contributed by atoms with van der Waals surface area (Å²) in [4.78, 5) is 8.29. The van der Waals surface area contributed by atoms with Crippen molar-refractivity contribution in [2.45, 2.75) is 25.4 Å². The van der Waals surface area contributed by atoms with E-state index < -0.39 is 0 Å². The van der Waals surface area contributed by atoms with Gasteiger partial charge in [0.05, 0.1) is 17.5 Å². The minimum Gasteiger partial charge on any atom is -0.484 e. The van der Waals surface area contributed by atoms with Crippen molar-refractivity contribution in [2.75, 3.05) is 5.73 Å². The second-order valence-electron chi connectivity index (χ2n) is 6.37. The van der Waals surface area contributed by atoms with Gasteiger partial charge in [0, 0.05) is 17.4 Å². The molecule has 0 aliphatic heterocycles. The van der Waals surface area contributed by atoms with Crippen LogP contribution in [0.2, 0.25) is 0 Å². The third-order valence-corrected chi connectivity index (χ3v) is 4.60. The molecule has 2 heterocycles. The van der Waals surface area contributed by atoms with Gasteiger partial charge in [0.1, 0.15) is 23.6 Å². The number of hydrogen-bond donors (Lipinski definition) is 2. The van der Waals surface area contributed by atoms with Gasteiger partial charge >= 0.3 is 0 Å². The number of benzene rings is 1. The minimum atomic E-state index is -0.197. The molecule has 3 N–H and O–H groups in total. The fraction of sp³-hybridized carbons (Fsp3) is 0.200. The number of nitrogen functional groups attached to an aromatic ring is 1. The maximum absolute atomic E-state index is 9.06. The summed E-state index contributed by atoms with van der Waals surface area (Å²) in [5, 5.41) is 17.4. The number of anilines is 1. The molecule has 2 aromatic heterocycles. The molecule has 0 saturated carbocycles. The van der Waals surface area contributed by atoms with Gasteiger partial charge in [0.15, 0.2) is 12.2 Å². The molecule has 27 heavy (non-hydrogen) atoms. The van der Waals surface area contributed by atoms with Crippen molar-refractivity contribution in [1.82, 2.24) is 9.97 Å². The number of nitriles is 1. The zero-order valence-corrected chi connectivity index (χ0v) is 14.5. The molecule has 7 nitrogen and oxygen atoms in total. The first-order valence-corrected chi connectivity index (χ1v) is 8.58. The summed E-state index contributed by atoms with van der Waals surface area (Å²) >= 11 is 0.